The Labute approximate surface area is 205 Å². The number of amidine groups is 1. The number of allylic oxidation sites excluding steroid dienone is 1. The molecular formula is C24H25F3N8O. The van der Waals surface area contributed by atoms with Crippen molar-refractivity contribution in [1.29, 1.82) is 0 Å². The number of alkyl halides is 3. The maximum atomic E-state index is 13.3. The molecular weight excluding hydrogens is 473 g/mol. The number of carbonyl (C=O) groups is 1. The topological polar surface area (TPSA) is 94.2 Å². The van der Waals surface area contributed by atoms with Crippen molar-refractivity contribution in [2.45, 2.75) is 32.0 Å². The van der Waals surface area contributed by atoms with Crippen molar-refractivity contribution < 1.29 is 18.0 Å². The van der Waals surface area contributed by atoms with Crippen molar-refractivity contribution in [1.82, 2.24) is 29.4 Å². The summed E-state index contributed by atoms with van der Waals surface area (Å²) in [7, 11) is 0. The lowest BCUT2D eigenvalue weighted by Crippen LogP contribution is -2.50. The van der Waals surface area contributed by atoms with Gasteiger partial charge in [0.25, 0.3) is 0 Å². The number of fused-ring (bicyclic) bond motifs is 1. The number of imidazole rings is 1. The van der Waals surface area contributed by atoms with E-state index in [-0.39, 0.29) is 23.7 Å². The predicted molar refractivity (Wildman–Crippen MR) is 127 cm³/mol. The first-order valence-electron chi connectivity index (χ1n) is 11.6. The van der Waals surface area contributed by atoms with Crippen molar-refractivity contribution >= 4 is 24.1 Å². The zero-order valence-electron chi connectivity index (χ0n) is 19.6. The highest BCUT2D eigenvalue weighted by Gasteiger charge is 2.40. The van der Waals surface area contributed by atoms with Gasteiger partial charge in [0.05, 0.1) is 24.0 Å². The molecule has 3 aromatic heterocycles. The molecule has 3 aromatic rings. The van der Waals surface area contributed by atoms with Gasteiger partial charge in [-0.05, 0) is 44.7 Å². The van der Waals surface area contributed by atoms with Crippen LogP contribution in [0.1, 0.15) is 42.6 Å². The van der Waals surface area contributed by atoms with E-state index in [0.29, 0.717) is 36.8 Å². The van der Waals surface area contributed by atoms with Crippen LogP contribution in [0.3, 0.4) is 0 Å². The summed E-state index contributed by atoms with van der Waals surface area (Å²) in [5.74, 6) is 0.974. The zero-order valence-corrected chi connectivity index (χ0v) is 19.6. The number of nitrogens with zero attached hydrogens (tertiary/aromatic N) is 7. The molecule has 0 spiro atoms. The van der Waals surface area contributed by atoms with Gasteiger partial charge in [0.1, 0.15) is 17.2 Å². The van der Waals surface area contributed by atoms with E-state index in [1.165, 1.54) is 16.7 Å². The fourth-order valence-corrected chi connectivity index (χ4v) is 4.46. The average molecular weight is 499 g/mol. The summed E-state index contributed by atoms with van der Waals surface area (Å²) in [5.41, 5.74) is 0.725. The molecule has 0 aromatic carbocycles. The Morgan fingerprint density at radius 2 is 2.06 bits per heavy atom. The molecule has 2 fully saturated rings. The molecule has 1 aliphatic heterocycles. The first-order valence-corrected chi connectivity index (χ1v) is 11.6. The van der Waals surface area contributed by atoms with E-state index in [2.05, 4.69) is 31.9 Å². The molecule has 5 rings (SSSR count). The minimum atomic E-state index is -4.50. The van der Waals surface area contributed by atoms with E-state index in [1.807, 2.05) is 16.7 Å². The largest absolute Gasteiger partial charge is 0.417 e. The van der Waals surface area contributed by atoms with Crippen LogP contribution in [0, 0.1) is 5.92 Å². The Morgan fingerprint density at radius 3 is 2.69 bits per heavy atom. The molecule has 188 valence electrons. The van der Waals surface area contributed by atoms with Gasteiger partial charge in [-0.1, -0.05) is 0 Å². The molecule has 0 radical (unpaired) electrons. The second kappa shape index (κ2) is 9.25. The van der Waals surface area contributed by atoms with Crippen molar-refractivity contribution in [3.05, 3.63) is 65.6 Å². The minimum Gasteiger partial charge on any atom is -0.353 e. The lowest BCUT2D eigenvalue weighted by molar-refractivity contribution is -0.138. The van der Waals surface area contributed by atoms with E-state index in [0.717, 1.165) is 30.7 Å². The van der Waals surface area contributed by atoms with Crippen LogP contribution in [-0.4, -0.2) is 67.5 Å². The van der Waals surface area contributed by atoms with Crippen LogP contribution in [-0.2, 0) is 11.0 Å². The summed E-state index contributed by atoms with van der Waals surface area (Å²) in [5, 5.41) is 6.87. The van der Waals surface area contributed by atoms with Gasteiger partial charge in [-0.15, -0.1) is 0 Å². The Bertz CT molecular complexity index is 1340. The molecule has 1 atom stereocenters. The average Bonchev–Trinajstić information content (AvgIpc) is 3.41. The summed E-state index contributed by atoms with van der Waals surface area (Å²) >= 11 is 0. The zero-order chi connectivity index (χ0) is 25.4. The molecule has 1 unspecified atom stereocenters. The van der Waals surface area contributed by atoms with Crippen molar-refractivity contribution in [3.8, 4) is 0 Å². The lowest BCUT2D eigenvalue weighted by atomic mass is 10.0. The lowest BCUT2D eigenvalue weighted by Gasteiger charge is -2.42. The third kappa shape index (κ3) is 4.50. The minimum absolute atomic E-state index is 0.0958. The third-order valence-corrected chi connectivity index (χ3v) is 6.51. The van der Waals surface area contributed by atoms with Gasteiger partial charge in [0.2, 0.25) is 5.91 Å². The number of hydrogen-bond acceptors (Lipinski definition) is 5. The van der Waals surface area contributed by atoms with E-state index < -0.39 is 11.7 Å². The monoisotopic (exact) mass is 498 g/mol. The number of aromatic nitrogens is 4. The number of carbonyl (C=O) groups excluding carboxylic acids is 1. The number of pyridine rings is 1. The quantitative estimate of drug-likeness (QED) is 0.429. The standard InChI is InChI=1S/C24H25F3N8O/c1-3-20(32-22(28-2)18-12-29-21-7-6-17(13-35(18)21)24(25,26)27)33-8-9-34(23(36)15-4-5-15)19(14-33)16-10-30-31-11-16/h3,6-7,10-13,15,19H,2,4-5,8-9,14H2,1H3,(H,30,31)/b20-3+,32-22-. The molecule has 0 bridgehead atoms. The highest BCUT2D eigenvalue weighted by Crippen LogP contribution is 2.36. The first kappa shape index (κ1) is 23.8. The van der Waals surface area contributed by atoms with Crippen LogP contribution < -0.4 is 0 Å². The smallest absolute Gasteiger partial charge is 0.353 e. The first-order chi connectivity index (χ1) is 17.3. The molecule has 12 heteroatoms. The molecule has 36 heavy (non-hydrogen) atoms. The van der Waals surface area contributed by atoms with Gasteiger partial charge in [0.15, 0.2) is 5.84 Å². The summed E-state index contributed by atoms with van der Waals surface area (Å²) < 4.78 is 41.2. The van der Waals surface area contributed by atoms with Gasteiger partial charge >= 0.3 is 6.18 Å². The fraction of sp³-hybridized carbons (Fsp3) is 0.375. The van der Waals surface area contributed by atoms with Gasteiger partial charge in [-0.2, -0.15) is 18.3 Å². The number of aromatic amines is 1. The Hall–Kier alpha value is -3.96. The van der Waals surface area contributed by atoms with Crippen LogP contribution in [0.5, 0.6) is 0 Å². The Kier molecular flexibility index (Phi) is 6.10. The molecule has 1 aliphatic carbocycles. The molecule has 1 N–H and O–H groups in total. The summed E-state index contributed by atoms with van der Waals surface area (Å²) in [6.45, 7) is 6.96. The maximum absolute atomic E-state index is 13.3. The normalized spacial score (nSPS) is 19.7. The fourth-order valence-electron chi connectivity index (χ4n) is 4.46. The van der Waals surface area contributed by atoms with Crippen molar-refractivity contribution in [2.75, 3.05) is 19.6 Å². The summed E-state index contributed by atoms with van der Waals surface area (Å²) in [6, 6.07) is 2.08. The van der Waals surface area contributed by atoms with E-state index in [4.69, 9.17) is 0 Å². The summed E-state index contributed by atoms with van der Waals surface area (Å²) in [4.78, 5) is 29.7. The van der Waals surface area contributed by atoms with Gasteiger partial charge in [0, 0.05) is 43.5 Å². The molecule has 2 aliphatic rings. The SMILES string of the molecule is C=N/C(=N\C(=C/C)N1CCN(C(=O)C2CC2)C(c2cn[nH]c2)C1)c1cnc2ccc(C(F)(F)F)cn12. The van der Waals surface area contributed by atoms with Crippen LogP contribution in [0.25, 0.3) is 5.65 Å². The molecule has 9 nitrogen and oxygen atoms in total. The molecule has 4 heterocycles. The number of hydrogen-bond donors (Lipinski definition) is 1. The van der Waals surface area contributed by atoms with E-state index in [9.17, 15) is 18.0 Å². The molecule has 1 amide bonds. The van der Waals surface area contributed by atoms with Gasteiger partial charge < -0.3 is 9.80 Å². The van der Waals surface area contributed by atoms with Gasteiger partial charge in [-0.3, -0.25) is 14.3 Å². The molecule has 1 saturated carbocycles. The number of amides is 1. The second-order valence-electron chi connectivity index (χ2n) is 8.83. The van der Waals surface area contributed by atoms with Crippen LogP contribution in [0.15, 0.2) is 58.8 Å². The van der Waals surface area contributed by atoms with Crippen molar-refractivity contribution in [2.24, 2.45) is 15.9 Å². The highest BCUT2D eigenvalue weighted by atomic mass is 19.4. The number of rotatable bonds is 5. The number of halogens is 3. The predicted octanol–water partition coefficient (Wildman–Crippen LogP) is 3.68. The van der Waals surface area contributed by atoms with E-state index >= 15 is 0 Å². The number of H-pyrrole nitrogens is 1. The molecule has 1 saturated heterocycles. The summed E-state index contributed by atoms with van der Waals surface area (Å²) in [6.07, 6.45) is 5.06. The van der Waals surface area contributed by atoms with Crippen LogP contribution in [0.2, 0.25) is 0 Å². The highest BCUT2D eigenvalue weighted by molar-refractivity contribution is 6.01. The maximum Gasteiger partial charge on any atom is 0.417 e. The number of nitrogens with one attached hydrogen (secondary N) is 1. The second-order valence-corrected chi connectivity index (χ2v) is 8.83. The van der Waals surface area contributed by atoms with E-state index in [1.54, 1.807) is 18.5 Å². The van der Waals surface area contributed by atoms with Crippen molar-refractivity contribution in [3.63, 3.8) is 0 Å². The van der Waals surface area contributed by atoms with Crippen LogP contribution >= 0.6 is 0 Å². The van der Waals surface area contributed by atoms with Gasteiger partial charge in [-0.25, -0.2) is 15.0 Å². The Morgan fingerprint density at radius 1 is 1.25 bits per heavy atom. The number of piperazine rings is 1. The number of aliphatic imine (C=N–C) groups is 2. The Balaban J connectivity index is 1.45. The van der Waals surface area contributed by atoms with Crippen LogP contribution in [0.4, 0.5) is 13.2 Å². The third-order valence-electron chi connectivity index (χ3n) is 6.51.